The normalized spacial score (nSPS) is 12.5. The molecule has 0 aliphatic rings. The Labute approximate surface area is 124 Å². The molecule has 108 valence electrons. The average Bonchev–Trinajstić information content (AvgIpc) is 2.95. The van der Waals surface area contributed by atoms with Gasteiger partial charge in [-0.3, -0.25) is 0 Å². The molecule has 1 atom stereocenters. The molecule has 0 amide bonds. The van der Waals surface area contributed by atoms with Gasteiger partial charge in [0.15, 0.2) is 0 Å². The van der Waals surface area contributed by atoms with Gasteiger partial charge in [0, 0.05) is 18.4 Å². The van der Waals surface area contributed by atoms with E-state index in [-0.39, 0.29) is 6.04 Å². The zero-order valence-electron chi connectivity index (χ0n) is 12.1. The molecule has 0 saturated heterocycles. The van der Waals surface area contributed by atoms with E-state index >= 15 is 0 Å². The van der Waals surface area contributed by atoms with Gasteiger partial charge in [0.2, 0.25) is 0 Å². The largest absolute Gasteiger partial charge is 0.487 e. The summed E-state index contributed by atoms with van der Waals surface area (Å²) in [6.07, 6.45) is 4.89. The van der Waals surface area contributed by atoms with Gasteiger partial charge >= 0.3 is 0 Å². The van der Waals surface area contributed by atoms with Gasteiger partial charge in [-0.15, -0.1) is 0 Å². The number of nitrogens with zero attached hydrogens (tertiary/aromatic N) is 2. The number of rotatable bonds is 5. The van der Waals surface area contributed by atoms with Crippen LogP contribution in [0.15, 0.2) is 54.9 Å². The molecule has 4 heteroatoms. The van der Waals surface area contributed by atoms with Gasteiger partial charge in [0.05, 0.1) is 5.69 Å². The van der Waals surface area contributed by atoms with Gasteiger partial charge in [0.25, 0.3) is 0 Å². The molecule has 0 spiro atoms. The molecule has 0 fully saturated rings. The number of aromatic nitrogens is 2. The highest BCUT2D eigenvalue weighted by Gasteiger charge is 2.04. The second kappa shape index (κ2) is 5.97. The number of imidazole rings is 1. The van der Waals surface area contributed by atoms with Gasteiger partial charge in [0.1, 0.15) is 18.0 Å². The summed E-state index contributed by atoms with van der Waals surface area (Å²) < 4.78 is 7.76. The minimum Gasteiger partial charge on any atom is -0.487 e. The summed E-state index contributed by atoms with van der Waals surface area (Å²) in [6, 6.07) is 14.0. The van der Waals surface area contributed by atoms with Crippen molar-refractivity contribution in [3.8, 4) is 5.75 Å². The average molecular weight is 281 g/mol. The molecular weight excluding hydrogens is 262 g/mol. The second-order valence-corrected chi connectivity index (χ2v) is 5.07. The van der Waals surface area contributed by atoms with Gasteiger partial charge in [-0.25, -0.2) is 4.98 Å². The van der Waals surface area contributed by atoms with Crippen LogP contribution in [0.3, 0.4) is 0 Å². The van der Waals surface area contributed by atoms with E-state index in [0.717, 1.165) is 29.1 Å². The highest BCUT2D eigenvalue weighted by atomic mass is 16.5. The number of hydrogen-bond donors (Lipinski definition) is 1. The maximum atomic E-state index is 6.00. The number of pyridine rings is 1. The smallest absolute Gasteiger partial charge is 0.137 e. The summed E-state index contributed by atoms with van der Waals surface area (Å²) >= 11 is 0. The fourth-order valence-electron chi connectivity index (χ4n) is 2.26. The first-order valence-electron chi connectivity index (χ1n) is 7.17. The Morgan fingerprint density at radius 2 is 2.00 bits per heavy atom. The van der Waals surface area contributed by atoms with Crippen molar-refractivity contribution in [3.63, 3.8) is 0 Å². The van der Waals surface area contributed by atoms with Crippen molar-refractivity contribution in [1.82, 2.24) is 9.38 Å². The quantitative estimate of drug-likeness (QED) is 0.780. The van der Waals surface area contributed by atoms with Crippen LogP contribution in [0.25, 0.3) is 5.65 Å². The lowest BCUT2D eigenvalue weighted by Crippen LogP contribution is -2.08. The molecule has 0 radical (unpaired) electrons. The molecule has 2 N–H and O–H groups in total. The van der Waals surface area contributed by atoms with Crippen LogP contribution in [0.4, 0.5) is 0 Å². The lowest BCUT2D eigenvalue weighted by molar-refractivity contribution is 0.302. The third-order valence-corrected chi connectivity index (χ3v) is 3.55. The third kappa shape index (κ3) is 3.06. The van der Waals surface area contributed by atoms with Crippen molar-refractivity contribution in [2.24, 2.45) is 5.73 Å². The molecule has 3 aromatic rings. The number of nitrogens with two attached hydrogens (primary N) is 1. The van der Waals surface area contributed by atoms with Crippen molar-refractivity contribution < 1.29 is 4.74 Å². The van der Waals surface area contributed by atoms with Crippen LogP contribution in [0.1, 0.15) is 30.6 Å². The SMILES string of the molecule is CC[C@@H](N)c1ccc(OCc2cn3ccccc3n2)cc1. The Morgan fingerprint density at radius 3 is 2.71 bits per heavy atom. The van der Waals surface area contributed by atoms with Crippen LogP contribution in [0, 0.1) is 0 Å². The number of ether oxygens (including phenoxy) is 1. The Bertz CT molecular complexity index is 685. The summed E-state index contributed by atoms with van der Waals surface area (Å²) in [6.45, 7) is 2.54. The zero-order chi connectivity index (χ0) is 14.7. The minimum atomic E-state index is 0.0949. The second-order valence-electron chi connectivity index (χ2n) is 5.07. The van der Waals surface area contributed by atoms with E-state index in [0.29, 0.717) is 6.61 Å². The molecule has 3 rings (SSSR count). The first kappa shape index (κ1) is 13.6. The molecule has 4 nitrogen and oxygen atoms in total. The monoisotopic (exact) mass is 281 g/mol. The first-order chi connectivity index (χ1) is 10.3. The van der Waals surface area contributed by atoms with Gasteiger partial charge in [-0.1, -0.05) is 25.1 Å². The predicted octanol–water partition coefficient (Wildman–Crippen LogP) is 3.32. The minimum absolute atomic E-state index is 0.0949. The molecule has 2 aromatic heterocycles. The van der Waals surface area contributed by atoms with Crippen molar-refractivity contribution in [2.75, 3.05) is 0 Å². The van der Waals surface area contributed by atoms with Gasteiger partial charge < -0.3 is 14.9 Å². The molecule has 0 aliphatic heterocycles. The van der Waals surface area contributed by atoms with E-state index < -0.39 is 0 Å². The summed E-state index contributed by atoms with van der Waals surface area (Å²) in [5.41, 5.74) is 8.98. The predicted molar refractivity (Wildman–Crippen MR) is 83.2 cm³/mol. The molecule has 0 saturated carbocycles. The molecule has 0 bridgehead atoms. The lowest BCUT2D eigenvalue weighted by atomic mass is 10.1. The highest BCUT2D eigenvalue weighted by molar-refractivity contribution is 5.39. The fourth-order valence-corrected chi connectivity index (χ4v) is 2.26. The highest BCUT2D eigenvalue weighted by Crippen LogP contribution is 2.19. The standard InChI is InChI=1S/C17H19N3O/c1-2-16(18)13-6-8-15(9-7-13)21-12-14-11-20-10-4-3-5-17(20)19-14/h3-11,16H,2,12,18H2,1H3/t16-/m1/s1. The van der Waals surface area contributed by atoms with Crippen molar-refractivity contribution >= 4 is 5.65 Å². The number of hydrogen-bond acceptors (Lipinski definition) is 3. The Hall–Kier alpha value is -2.33. The Kier molecular flexibility index (Phi) is 3.88. The van der Waals surface area contributed by atoms with Crippen LogP contribution in [0.5, 0.6) is 5.75 Å². The van der Waals surface area contributed by atoms with E-state index in [1.165, 1.54) is 0 Å². The number of fused-ring (bicyclic) bond motifs is 1. The molecule has 2 heterocycles. The summed E-state index contributed by atoms with van der Waals surface area (Å²) in [5.74, 6) is 0.833. The van der Waals surface area contributed by atoms with E-state index in [2.05, 4.69) is 11.9 Å². The molecule has 0 unspecified atom stereocenters. The molecule has 1 aromatic carbocycles. The summed E-state index contributed by atoms with van der Waals surface area (Å²) in [7, 11) is 0. The van der Waals surface area contributed by atoms with Crippen molar-refractivity contribution in [1.29, 1.82) is 0 Å². The maximum Gasteiger partial charge on any atom is 0.137 e. The molecular formula is C17H19N3O. The van der Waals surface area contributed by atoms with Crippen LogP contribution >= 0.6 is 0 Å². The van der Waals surface area contributed by atoms with E-state index in [1.54, 1.807) is 0 Å². The maximum absolute atomic E-state index is 6.00. The van der Waals surface area contributed by atoms with Crippen LogP contribution in [-0.2, 0) is 6.61 Å². The molecule has 0 aliphatic carbocycles. The fraction of sp³-hybridized carbons (Fsp3) is 0.235. The van der Waals surface area contributed by atoms with Gasteiger partial charge in [-0.05, 0) is 36.2 Å². The van der Waals surface area contributed by atoms with E-state index in [1.807, 2.05) is 59.3 Å². The zero-order valence-corrected chi connectivity index (χ0v) is 12.1. The van der Waals surface area contributed by atoms with E-state index in [4.69, 9.17) is 10.5 Å². The third-order valence-electron chi connectivity index (χ3n) is 3.55. The van der Waals surface area contributed by atoms with Crippen LogP contribution in [-0.4, -0.2) is 9.38 Å². The first-order valence-corrected chi connectivity index (χ1v) is 7.17. The Balaban J connectivity index is 1.67. The number of benzene rings is 1. The van der Waals surface area contributed by atoms with Crippen LogP contribution in [0.2, 0.25) is 0 Å². The van der Waals surface area contributed by atoms with E-state index in [9.17, 15) is 0 Å². The Morgan fingerprint density at radius 1 is 1.19 bits per heavy atom. The van der Waals surface area contributed by atoms with Crippen molar-refractivity contribution in [3.05, 3.63) is 66.1 Å². The van der Waals surface area contributed by atoms with Crippen molar-refractivity contribution in [2.45, 2.75) is 26.0 Å². The van der Waals surface area contributed by atoms with Crippen LogP contribution < -0.4 is 10.5 Å². The van der Waals surface area contributed by atoms with Gasteiger partial charge in [-0.2, -0.15) is 0 Å². The summed E-state index contributed by atoms with van der Waals surface area (Å²) in [5, 5.41) is 0. The topological polar surface area (TPSA) is 52.5 Å². The molecule has 21 heavy (non-hydrogen) atoms. The lowest BCUT2D eigenvalue weighted by Gasteiger charge is -2.10. The summed E-state index contributed by atoms with van der Waals surface area (Å²) in [4.78, 5) is 4.50.